The van der Waals surface area contributed by atoms with Gasteiger partial charge in [0.1, 0.15) is 35.6 Å². The fourth-order valence-corrected chi connectivity index (χ4v) is 4.25. The molecule has 0 saturated carbocycles. The van der Waals surface area contributed by atoms with E-state index in [1.807, 2.05) is 0 Å². The standard InChI is InChI=1S/C22H24F5N7O/c1-14(21(35,11-34-13-28-12-30-34)17-3-2-15(23)10-18(17)24)31-16-5-8-33(9-6-16)20-29-7-4-19(32-20)22(25,26)27/h2-4,7,10,12-14,16,31,35H,5-6,8-9,11H2,1H3/t14-,21-/m1/s1. The molecule has 0 aliphatic carbocycles. The van der Waals surface area contributed by atoms with Gasteiger partial charge in [-0.15, -0.1) is 0 Å². The summed E-state index contributed by atoms with van der Waals surface area (Å²) in [6.45, 7) is 2.32. The number of nitrogens with one attached hydrogen (secondary N) is 1. The van der Waals surface area contributed by atoms with Crippen LogP contribution in [0.3, 0.4) is 0 Å². The van der Waals surface area contributed by atoms with E-state index < -0.39 is 35.1 Å². The molecule has 0 radical (unpaired) electrons. The molecule has 13 heteroatoms. The molecule has 1 saturated heterocycles. The Labute approximate surface area is 197 Å². The van der Waals surface area contributed by atoms with Gasteiger partial charge in [-0.05, 0) is 31.9 Å². The Morgan fingerprint density at radius 3 is 2.54 bits per heavy atom. The van der Waals surface area contributed by atoms with Crippen molar-refractivity contribution >= 4 is 5.95 Å². The lowest BCUT2D eigenvalue weighted by Gasteiger charge is -2.40. The van der Waals surface area contributed by atoms with Crippen molar-refractivity contribution in [3.8, 4) is 0 Å². The second-order valence-electron chi connectivity index (χ2n) is 8.53. The van der Waals surface area contributed by atoms with E-state index in [1.165, 1.54) is 23.4 Å². The fourth-order valence-electron chi connectivity index (χ4n) is 4.25. The lowest BCUT2D eigenvalue weighted by Crippen LogP contribution is -2.55. The Hall–Kier alpha value is -3.19. The van der Waals surface area contributed by atoms with Crippen molar-refractivity contribution in [3.63, 3.8) is 0 Å². The van der Waals surface area contributed by atoms with Crippen molar-refractivity contribution in [3.05, 3.63) is 66.0 Å². The van der Waals surface area contributed by atoms with Crippen LogP contribution in [0.4, 0.5) is 27.9 Å². The Morgan fingerprint density at radius 1 is 1.17 bits per heavy atom. The molecular weight excluding hydrogens is 473 g/mol. The highest BCUT2D eigenvalue weighted by molar-refractivity contribution is 5.32. The third kappa shape index (κ3) is 5.56. The lowest BCUT2D eigenvalue weighted by molar-refractivity contribution is -0.141. The van der Waals surface area contributed by atoms with Crippen LogP contribution in [-0.2, 0) is 18.3 Å². The van der Waals surface area contributed by atoms with E-state index in [9.17, 15) is 27.1 Å². The van der Waals surface area contributed by atoms with E-state index in [-0.39, 0.29) is 24.1 Å². The van der Waals surface area contributed by atoms with Crippen LogP contribution in [0.2, 0.25) is 0 Å². The molecule has 188 valence electrons. The second kappa shape index (κ2) is 9.82. The second-order valence-corrected chi connectivity index (χ2v) is 8.53. The van der Waals surface area contributed by atoms with Crippen LogP contribution in [0.15, 0.2) is 43.1 Å². The molecule has 35 heavy (non-hydrogen) atoms. The van der Waals surface area contributed by atoms with Gasteiger partial charge in [-0.1, -0.05) is 6.07 Å². The van der Waals surface area contributed by atoms with E-state index in [2.05, 4.69) is 25.4 Å². The molecule has 2 N–H and O–H groups in total. The van der Waals surface area contributed by atoms with Gasteiger partial charge in [-0.25, -0.2) is 28.4 Å². The normalized spacial score (nSPS) is 17.9. The van der Waals surface area contributed by atoms with Gasteiger partial charge in [0, 0.05) is 43.0 Å². The third-order valence-corrected chi connectivity index (χ3v) is 6.18. The molecular formula is C22H24F5N7O. The quantitative estimate of drug-likeness (QED) is 0.485. The van der Waals surface area contributed by atoms with Crippen molar-refractivity contribution < 1.29 is 27.1 Å². The number of hydrogen-bond acceptors (Lipinski definition) is 7. The van der Waals surface area contributed by atoms with Gasteiger partial charge in [-0.2, -0.15) is 18.3 Å². The molecule has 4 rings (SSSR count). The fraction of sp³-hybridized carbons (Fsp3) is 0.455. The molecule has 0 unspecified atom stereocenters. The Balaban J connectivity index is 1.47. The molecule has 1 aliphatic rings. The maximum absolute atomic E-state index is 14.7. The molecule has 1 fully saturated rings. The highest BCUT2D eigenvalue weighted by Crippen LogP contribution is 2.32. The first-order valence-corrected chi connectivity index (χ1v) is 11.0. The Kier molecular flexibility index (Phi) is 6.99. The summed E-state index contributed by atoms with van der Waals surface area (Å²) in [5, 5.41) is 18.9. The third-order valence-electron chi connectivity index (χ3n) is 6.18. The number of anilines is 1. The van der Waals surface area contributed by atoms with Gasteiger partial charge < -0.3 is 15.3 Å². The minimum Gasteiger partial charge on any atom is -0.381 e. The number of rotatable bonds is 7. The predicted molar refractivity (Wildman–Crippen MR) is 115 cm³/mol. The van der Waals surface area contributed by atoms with Crippen molar-refractivity contribution in [1.29, 1.82) is 0 Å². The first kappa shape index (κ1) is 24.9. The van der Waals surface area contributed by atoms with Crippen molar-refractivity contribution in [1.82, 2.24) is 30.0 Å². The molecule has 8 nitrogen and oxygen atoms in total. The van der Waals surface area contributed by atoms with Gasteiger partial charge >= 0.3 is 6.18 Å². The molecule has 0 bridgehead atoms. The van der Waals surface area contributed by atoms with Crippen molar-refractivity contribution in [2.45, 2.75) is 50.2 Å². The minimum absolute atomic E-state index is 0.00222. The van der Waals surface area contributed by atoms with Crippen molar-refractivity contribution in [2.24, 2.45) is 0 Å². The largest absolute Gasteiger partial charge is 0.433 e. The SMILES string of the molecule is C[C@@H](NC1CCN(c2nccc(C(F)(F)F)n2)CC1)[C@](O)(Cn1cncn1)c1ccc(F)cc1F. The van der Waals surface area contributed by atoms with Crippen LogP contribution in [0.1, 0.15) is 31.0 Å². The Morgan fingerprint density at radius 2 is 1.91 bits per heavy atom. The van der Waals surface area contributed by atoms with E-state index in [1.54, 1.807) is 11.8 Å². The van der Waals surface area contributed by atoms with E-state index in [0.717, 1.165) is 18.3 Å². The predicted octanol–water partition coefficient (Wildman–Crippen LogP) is 2.90. The molecule has 2 aromatic heterocycles. The number of aromatic nitrogens is 5. The maximum atomic E-state index is 14.7. The van der Waals surface area contributed by atoms with E-state index in [0.29, 0.717) is 32.0 Å². The number of piperidine rings is 1. The van der Waals surface area contributed by atoms with Crippen LogP contribution < -0.4 is 10.2 Å². The monoisotopic (exact) mass is 497 g/mol. The number of alkyl halides is 3. The van der Waals surface area contributed by atoms with Crippen LogP contribution in [0.25, 0.3) is 0 Å². The summed E-state index contributed by atoms with van der Waals surface area (Å²) >= 11 is 0. The maximum Gasteiger partial charge on any atom is 0.433 e. The zero-order chi connectivity index (χ0) is 25.2. The molecule has 1 aromatic carbocycles. The summed E-state index contributed by atoms with van der Waals surface area (Å²) in [5.41, 5.74) is -2.90. The summed E-state index contributed by atoms with van der Waals surface area (Å²) in [6, 6.07) is 2.98. The van der Waals surface area contributed by atoms with E-state index >= 15 is 0 Å². The summed E-state index contributed by atoms with van der Waals surface area (Å²) < 4.78 is 68.5. The molecule has 3 heterocycles. The van der Waals surface area contributed by atoms with Gasteiger partial charge in [0.25, 0.3) is 0 Å². The number of benzene rings is 1. The van der Waals surface area contributed by atoms with Gasteiger partial charge in [0.05, 0.1) is 6.54 Å². The first-order chi connectivity index (χ1) is 16.6. The first-order valence-electron chi connectivity index (χ1n) is 11.0. The molecule has 1 aliphatic heterocycles. The van der Waals surface area contributed by atoms with Crippen LogP contribution >= 0.6 is 0 Å². The molecule has 0 amide bonds. The van der Waals surface area contributed by atoms with Gasteiger partial charge in [0.2, 0.25) is 5.95 Å². The number of halogens is 5. The number of nitrogens with zero attached hydrogens (tertiary/aromatic N) is 6. The van der Waals surface area contributed by atoms with Crippen LogP contribution in [-0.4, -0.2) is 55.0 Å². The highest BCUT2D eigenvalue weighted by Gasteiger charge is 2.40. The summed E-state index contributed by atoms with van der Waals surface area (Å²) in [7, 11) is 0. The zero-order valence-corrected chi connectivity index (χ0v) is 18.8. The number of hydrogen-bond donors (Lipinski definition) is 2. The summed E-state index contributed by atoms with van der Waals surface area (Å²) in [5.74, 6) is -1.65. The van der Waals surface area contributed by atoms with E-state index in [4.69, 9.17) is 0 Å². The summed E-state index contributed by atoms with van der Waals surface area (Å²) in [4.78, 5) is 13.1. The van der Waals surface area contributed by atoms with Crippen LogP contribution in [0, 0.1) is 11.6 Å². The Bertz CT molecular complexity index is 1140. The molecule has 0 spiro atoms. The smallest absolute Gasteiger partial charge is 0.381 e. The summed E-state index contributed by atoms with van der Waals surface area (Å²) in [6.07, 6.45) is 0.235. The molecule has 3 aromatic rings. The van der Waals surface area contributed by atoms with Crippen LogP contribution in [0.5, 0.6) is 0 Å². The topological polar surface area (TPSA) is 92.0 Å². The molecule has 2 atom stereocenters. The highest BCUT2D eigenvalue weighted by atomic mass is 19.4. The minimum atomic E-state index is -4.56. The zero-order valence-electron chi connectivity index (χ0n) is 18.8. The number of aliphatic hydroxyl groups is 1. The van der Waals surface area contributed by atoms with Gasteiger partial charge in [-0.3, -0.25) is 0 Å². The lowest BCUT2D eigenvalue weighted by atomic mass is 9.85. The average molecular weight is 497 g/mol. The van der Waals surface area contributed by atoms with Crippen molar-refractivity contribution in [2.75, 3.05) is 18.0 Å². The average Bonchev–Trinajstić information content (AvgIpc) is 3.31. The van der Waals surface area contributed by atoms with Gasteiger partial charge in [0.15, 0.2) is 0 Å².